The van der Waals surface area contributed by atoms with Gasteiger partial charge in [-0.2, -0.15) is 0 Å². The van der Waals surface area contributed by atoms with Crippen molar-refractivity contribution in [3.05, 3.63) is 33.9 Å². The Morgan fingerprint density at radius 3 is 2.50 bits per heavy atom. The van der Waals surface area contributed by atoms with Crippen molar-refractivity contribution in [1.82, 2.24) is 5.32 Å². The van der Waals surface area contributed by atoms with Gasteiger partial charge in [0.1, 0.15) is 0 Å². The Hall–Kier alpha value is -1.53. The van der Waals surface area contributed by atoms with E-state index in [2.05, 4.69) is 5.32 Å². The van der Waals surface area contributed by atoms with Gasteiger partial charge >= 0.3 is 0 Å². The Morgan fingerprint density at radius 2 is 2.00 bits per heavy atom. The lowest BCUT2D eigenvalue weighted by atomic mass is 9.95. The fourth-order valence-corrected chi connectivity index (χ4v) is 3.04. The molecule has 120 valence electrons. The summed E-state index contributed by atoms with van der Waals surface area (Å²) < 4.78 is 0. The van der Waals surface area contributed by atoms with Crippen LogP contribution < -0.4 is 10.2 Å². The second-order valence-electron chi connectivity index (χ2n) is 5.07. The summed E-state index contributed by atoms with van der Waals surface area (Å²) in [7, 11) is 0. The first-order valence-electron chi connectivity index (χ1n) is 6.98. The molecule has 0 spiro atoms. The van der Waals surface area contributed by atoms with Gasteiger partial charge in [0.2, 0.25) is 5.91 Å². The van der Waals surface area contributed by atoms with Crippen LogP contribution >= 0.6 is 23.2 Å². The van der Waals surface area contributed by atoms with Crippen molar-refractivity contribution < 1.29 is 9.72 Å². The summed E-state index contributed by atoms with van der Waals surface area (Å²) in [6, 6.07) is 4.97. The molecule has 22 heavy (non-hydrogen) atoms. The zero-order valence-corrected chi connectivity index (χ0v) is 13.4. The third-order valence-corrected chi connectivity index (χ3v) is 4.04. The van der Waals surface area contributed by atoms with E-state index in [1.807, 2.05) is 4.90 Å². The lowest BCUT2D eigenvalue weighted by molar-refractivity contribution is -0.385. The minimum absolute atomic E-state index is 0.0435. The monoisotopic (exact) mass is 345 g/mol. The van der Waals surface area contributed by atoms with Crippen molar-refractivity contribution in [2.24, 2.45) is 0 Å². The maximum Gasteiger partial charge on any atom is 0.273 e. The van der Waals surface area contributed by atoms with Crippen LogP contribution in [0.4, 0.5) is 11.4 Å². The van der Waals surface area contributed by atoms with Gasteiger partial charge in [-0.15, -0.1) is 23.2 Å². The van der Waals surface area contributed by atoms with E-state index in [0.29, 0.717) is 37.0 Å². The molecule has 1 amide bonds. The van der Waals surface area contributed by atoms with E-state index in [4.69, 9.17) is 23.2 Å². The van der Waals surface area contributed by atoms with Crippen molar-refractivity contribution in [2.75, 3.05) is 36.3 Å². The van der Waals surface area contributed by atoms with Gasteiger partial charge in [0.05, 0.1) is 4.92 Å². The summed E-state index contributed by atoms with van der Waals surface area (Å²) in [5.74, 6) is 0.615. The van der Waals surface area contributed by atoms with Gasteiger partial charge in [-0.05, 0) is 12.1 Å². The lowest BCUT2D eigenvalue weighted by Gasteiger charge is -2.24. The summed E-state index contributed by atoms with van der Waals surface area (Å²) in [6.45, 7) is 1.63. The summed E-state index contributed by atoms with van der Waals surface area (Å²) in [5, 5.41) is 14.0. The van der Waals surface area contributed by atoms with Crippen LogP contribution in [0.5, 0.6) is 0 Å². The van der Waals surface area contributed by atoms with E-state index in [9.17, 15) is 14.9 Å². The van der Waals surface area contributed by atoms with E-state index in [1.165, 1.54) is 6.07 Å². The molecule has 0 saturated carbocycles. The Kier molecular flexibility index (Phi) is 5.85. The summed E-state index contributed by atoms with van der Waals surface area (Å²) >= 11 is 11.6. The highest BCUT2D eigenvalue weighted by atomic mass is 35.5. The molecule has 1 atom stereocenters. The molecule has 2 rings (SSSR count). The van der Waals surface area contributed by atoms with E-state index in [0.717, 1.165) is 5.69 Å². The third kappa shape index (κ3) is 3.81. The van der Waals surface area contributed by atoms with Crippen LogP contribution in [0.1, 0.15) is 17.9 Å². The summed E-state index contributed by atoms with van der Waals surface area (Å²) in [6.07, 6.45) is 0.273. The second kappa shape index (κ2) is 7.65. The number of hydrogen-bond acceptors (Lipinski definition) is 4. The van der Waals surface area contributed by atoms with Gasteiger partial charge in [0.25, 0.3) is 5.69 Å². The van der Waals surface area contributed by atoms with E-state index < -0.39 is 4.92 Å². The number of carbonyl (C=O) groups excluding carboxylic acids is 1. The molecule has 1 aromatic rings. The molecule has 1 aromatic carbocycles. The molecule has 1 aliphatic heterocycles. The van der Waals surface area contributed by atoms with E-state index in [-0.39, 0.29) is 23.9 Å². The van der Waals surface area contributed by atoms with Gasteiger partial charge in [-0.3, -0.25) is 14.9 Å². The highest BCUT2D eigenvalue weighted by Crippen LogP contribution is 2.34. The van der Waals surface area contributed by atoms with Crippen molar-refractivity contribution >= 4 is 40.5 Å². The molecular weight excluding hydrogens is 329 g/mol. The smallest absolute Gasteiger partial charge is 0.273 e. The molecule has 1 fully saturated rings. The molecule has 0 aromatic heterocycles. The van der Waals surface area contributed by atoms with Crippen molar-refractivity contribution in [2.45, 2.75) is 12.3 Å². The first-order valence-corrected chi connectivity index (χ1v) is 8.05. The zero-order chi connectivity index (χ0) is 16.1. The maximum atomic E-state index is 11.4. The Morgan fingerprint density at radius 1 is 1.32 bits per heavy atom. The average Bonchev–Trinajstić information content (AvgIpc) is 2.93. The fraction of sp³-hybridized carbons (Fsp3) is 0.500. The molecule has 0 radical (unpaired) electrons. The van der Waals surface area contributed by atoms with Crippen molar-refractivity contribution in [3.63, 3.8) is 0 Å². The van der Waals surface area contributed by atoms with Crippen LogP contribution in [0.2, 0.25) is 0 Å². The van der Waals surface area contributed by atoms with Crippen LogP contribution in [0.15, 0.2) is 18.2 Å². The van der Waals surface area contributed by atoms with Gasteiger partial charge in [-0.1, -0.05) is 0 Å². The quantitative estimate of drug-likeness (QED) is 0.468. The van der Waals surface area contributed by atoms with Crippen LogP contribution in [-0.2, 0) is 4.79 Å². The zero-order valence-electron chi connectivity index (χ0n) is 11.9. The average molecular weight is 346 g/mol. The molecule has 0 bridgehead atoms. The number of nitrogens with one attached hydrogen (secondary N) is 1. The predicted octanol–water partition coefficient (Wildman–Crippen LogP) is 2.48. The van der Waals surface area contributed by atoms with Crippen LogP contribution in [0.3, 0.4) is 0 Å². The van der Waals surface area contributed by atoms with Gasteiger partial charge < -0.3 is 10.2 Å². The third-order valence-electron chi connectivity index (χ3n) is 3.70. The highest BCUT2D eigenvalue weighted by Gasteiger charge is 2.29. The molecule has 1 N–H and O–H groups in total. The predicted molar refractivity (Wildman–Crippen MR) is 87.1 cm³/mol. The van der Waals surface area contributed by atoms with Crippen LogP contribution in [0.25, 0.3) is 0 Å². The SMILES string of the molecule is O=C1CC(c2cc(N(CCCl)CCCl)ccc2[N+](=O)[O-])CN1. The minimum Gasteiger partial charge on any atom is -0.369 e. The van der Waals surface area contributed by atoms with Crippen LogP contribution in [-0.4, -0.2) is 42.2 Å². The Balaban J connectivity index is 2.37. The molecule has 6 nitrogen and oxygen atoms in total. The summed E-state index contributed by atoms with van der Waals surface area (Å²) in [5.41, 5.74) is 1.46. The minimum atomic E-state index is -0.407. The number of benzene rings is 1. The fourth-order valence-electron chi connectivity index (χ4n) is 2.63. The number of nitro groups is 1. The number of hydrogen-bond donors (Lipinski definition) is 1. The molecule has 0 aliphatic carbocycles. The number of nitro benzene ring substituents is 1. The normalized spacial score (nSPS) is 17.4. The second-order valence-corrected chi connectivity index (χ2v) is 5.83. The van der Waals surface area contributed by atoms with E-state index in [1.54, 1.807) is 12.1 Å². The largest absolute Gasteiger partial charge is 0.369 e. The number of nitrogens with zero attached hydrogens (tertiary/aromatic N) is 2. The van der Waals surface area contributed by atoms with Gasteiger partial charge in [0, 0.05) is 61.1 Å². The summed E-state index contributed by atoms with van der Waals surface area (Å²) in [4.78, 5) is 24.2. The number of anilines is 1. The number of rotatable bonds is 7. The Bertz CT molecular complexity index is 562. The van der Waals surface area contributed by atoms with E-state index >= 15 is 0 Å². The molecule has 1 aliphatic rings. The lowest BCUT2D eigenvalue weighted by Crippen LogP contribution is -2.27. The number of halogens is 2. The first-order chi connectivity index (χ1) is 10.6. The Labute approximate surface area is 138 Å². The van der Waals surface area contributed by atoms with Crippen molar-refractivity contribution in [1.29, 1.82) is 0 Å². The topological polar surface area (TPSA) is 75.5 Å². The number of amides is 1. The first kappa shape index (κ1) is 16.8. The van der Waals surface area contributed by atoms with Gasteiger partial charge in [-0.25, -0.2) is 0 Å². The maximum absolute atomic E-state index is 11.4. The highest BCUT2D eigenvalue weighted by molar-refractivity contribution is 6.18. The molecule has 8 heteroatoms. The molecule has 1 unspecified atom stereocenters. The van der Waals surface area contributed by atoms with Gasteiger partial charge in [0.15, 0.2) is 0 Å². The van der Waals surface area contributed by atoms with Crippen molar-refractivity contribution in [3.8, 4) is 0 Å². The number of alkyl halides is 2. The standard InChI is InChI=1S/C14H17Cl2N3O3/c15-3-5-18(6-4-16)11-1-2-13(19(21)22)12(8-11)10-7-14(20)17-9-10/h1-2,8,10H,3-7,9H2,(H,17,20). The number of carbonyl (C=O) groups is 1. The molecular formula is C14H17Cl2N3O3. The molecule has 1 heterocycles. The van der Waals surface area contributed by atoms with Crippen LogP contribution in [0, 0.1) is 10.1 Å². The molecule has 1 saturated heterocycles.